The molecule has 4 nitrogen and oxygen atoms in total. The van der Waals surface area contributed by atoms with E-state index in [1.54, 1.807) is 19.4 Å². The van der Waals surface area contributed by atoms with Gasteiger partial charge in [-0.25, -0.2) is 0 Å². The Bertz CT molecular complexity index is 497. The summed E-state index contributed by atoms with van der Waals surface area (Å²) in [5, 5.41) is 10.5. The van der Waals surface area contributed by atoms with Gasteiger partial charge in [0.15, 0.2) is 0 Å². The van der Waals surface area contributed by atoms with Crippen LogP contribution in [0.25, 0.3) is 0 Å². The van der Waals surface area contributed by atoms with Crippen molar-refractivity contribution in [1.29, 1.82) is 0 Å². The summed E-state index contributed by atoms with van der Waals surface area (Å²) in [6.07, 6.45) is 8.85. The van der Waals surface area contributed by atoms with Gasteiger partial charge in [-0.3, -0.25) is 4.79 Å². The number of carboxylic acid groups (broad SMARTS) is 1. The van der Waals surface area contributed by atoms with E-state index in [1.165, 1.54) is 63.6 Å². The van der Waals surface area contributed by atoms with Gasteiger partial charge < -0.3 is 14.6 Å². The number of carboxylic acids is 1. The second kappa shape index (κ2) is 16.2. The third kappa shape index (κ3) is 12.3. The molecule has 0 aliphatic carbocycles. The van der Waals surface area contributed by atoms with Gasteiger partial charge in [-0.1, -0.05) is 12.1 Å². The summed E-state index contributed by atoms with van der Waals surface area (Å²) in [6, 6.07) is 5.81. The van der Waals surface area contributed by atoms with E-state index >= 15 is 0 Å². The molecule has 1 aromatic carbocycles. The first-order valence-electron chi connectivity index (χ1n) is 9.78. The molecular formula is C21H34O4Sn. The topological polar surface area (TPSA) is 66.4 Å². The monoisotopic (exact) mass is 470 g/mol. The molecule has 1 rings (SSSR count). The zero-order chi connectivity index (χ0) is 19.8. The van der Waals surface area contributed by atoms with Crippen LogP contribution in [0.4, 0.5) is 0 Å². The standard InChI is InChI=1S/C9H8O4.3C4H9.Sn/c1-6(10)13-8-5-3-2-4-7(8)9(11)12;3*1-3-4-2;/h2-5H,1H3,(H,11,12);3*1,3-4H2,2H3;/q;;;;+1/p-1. The van der Waals surface area contributed by atoms with Gasteiger partial charge in [0.05, 0.1) is 5.97 Å². The molecule has 0 unspecified atom stereocenters. The molecular weight excluding hydrogens is 435 g/mol. The Labute approximate surface area is 166 Å². The van der Waals surface area contributed by atoms with Crippen LogP contribution in [0.3, 0.4) is 0 Å². The van der Waals surface area contributed by atoms with Crippen LogP contribution < -0.4 is 9.84 Å². The van der Waals surface area contributed by atoms with E-state index in [9.17, 15) is 14.7 Å². The van der Waals surface area contributed by atoms with Crippen LogP contribution in [0.1, 0.15) is 76.6 Å². The minimum atomic E-state index is -1.36. The second-order valence-corrected chi connectivity index (χ2v) is 15.0. The van der Waals surface area contributed by atoms with Crippen molar-refractivity contribution < 1.29 is 19.4 Å². The fourth-order valence-corrected chi connectivity index (χ4v) is 12.0. The van der Waals surface area contributed by atoms with Crippen molar-refractivity contribution in [2.24, 2.45) is 0 Å². The molecule has 5 heteroatoms. The average Bonchev–Trinajstić information content (AvgIpc) is 2.61. The van der Waals surface area contributed by atoms with Crippen molar-refractivity contribution in [1.82, 2.24) is 0 Å². The molecule has 0 aromatic heterocycles. The predicted molar refractivity (Wildman–Crippen MR) is 107 cm³/mol. The maximum absolute atomic E-state index is 10.6. The summed E-state index contributed by atoms with van der Waals surface area (Å²) in [5.74, 6) is -1.92. The summed E-state index contributed by atoms with van der Waals surface area (Å²) in [7, 11) is 0. The molecule has 1 aromatic rings. The number of aromatic carboxylic acids is 1. The fourth-order valence-electron chi connectivity index (χ4n) is 2.53. The Kier molecular flexibility index (Phi) is 15.5. The molecule has 0 fully saturated rings. The second-order valence-electron chi connectivity index (χ2n) is 6.44. The van der Waals surface area contributed by atoms with Crippen LogP contribution in [0.15, 0.2) is 24.3 Å². The van der Waals surface area contributed by atoms with Crippen molar-refractivity contribution in [2.75, 3.05) is 0 Å². The van der Waals surface area contributed by atoms with E-state index in [2.05, 4.69) is 25.5 Å². The van der Waals surface area contributed by atoms with E-state index in [1.807, 2.05) is 0 Å². The molecule has 146 valence electrons. The zero-order valence-corrected chi connectivity index (χ0v) is 19.7. The minimum absolute atomic E-state index is 0.00926. The van der Waals surface area contributed by atoms with Gasteiger partial charge in [-0.05, 0) is 12.1 Å². The molecule has 0 N–H and O–H groups in total. The first-order valence-corrected chi connectivity index (χ1v) is 15.8. The van der Waals surface area contributed by atoms with E-state index in [-0.39, 0.29) is 11.3 Å². The number of hydrogen-bond acceptors (Lipinski definition) is 4. The SMILES string of the molecule is CC(=O)Oc1ccccc1C(=O)[O-].CCC[CH2][Sn+]([CH2]CCC)[CH2]CCC. The van der Waals surface area contributed by atoms with Crippen LogP contribution in [0.5, 0.6) is 5.75 Å². The maximum atomic E-state index is 10.6. The summed E-state index contributed by atoms with van der Waals surface area (Å²) >= 11 is -0.839. The predicted octanol–water partition coefficient (Wildman–Crippen LogP) is 4.86. The van der Waals surface area contributed by atoms with Crippen molar-refractivity contribution in [3.63, 3.8) is 0 Å². The molecule has 0 aliphatic rings. The van der Waals surface area contributed by atoms with E-state index in [4.69, 9.17) is 0 Å². The van der Waals surface area contributed by atoms with Crippen molar-refractivity contribution >= 4 is 31.7 Å². The zero-order valence-electron chi connectivity index (χ0n) is 16.8. The molecule has 0 amide bonds. The molecule has 0 radical (unpaired) electrons. The molecule has 0 heterocycles. The van der Waals surface area contributed by atoms with Crippen LogP contribution in [0, 0.1) is 0 Å². The van der Waals surface area contributed by atoms with E-state index in [0.717, 1.165) is 0 Å². The number of carbonyl (C=O) groups is 2. The Morgan fingerprint density at radius 1 is 0.923 bits per heavy atom. The normalized spacial score (nSPS) is 9.85. The van der Waals surface area contributed by atoms with Crippen LogP contribution in [0.2, 0.25) is 13.3 Å². The van der Waals surface area contributed by atoms with Gasteiger partial charge in [-0.2, -0.15) is 0 Å². The van der Waals surface area contributed by atoms with Gasteiger partial charge in [0.1, 0.15) is 5.75 Å². The van der Waals surface area contributed by atoms with Gasteiger partial charge in [0.2, 0.25) is 0 Å². The molecule has 0 spiro atoms. The molecule has 0 aliphatic heterocycles. The average molecular weight is 469 g/mol. The number of esters is 1. The van der Waals surface area contributed by atoms with Gasteiger partial charge in [-0.15, -0.1) is 0 Å². The first-order chi connectivity index (χ1) is 12.5. The third-order valence-corrected chi connectivity index (χ3v) is 13.1. The van der Waals surface area contributed by atoms with E-state index in [0.29, 0.717) is 0 Å². The summed E-state index contributed by atoms with van der Waals surface area (Å²) in [5.41, 5.74) is -0.127. The Morgan fingerprint density at radius 2 is 1.38 bits per heavy atom. The third-order valence-electron chi connectivity index (χ3n) is 4.01. The number of carbonyl (C=O) groups excluding carboxylic acids is 2. The molecule has 0 atom stereocenters. The van der Waals surface area contributed by atoms with Crippen molar-refractivity contribution in [3.05, 3.63) is 29.8 Å². The van der Waals surface area contributed by atoms with Crippen molar-refractivity contribution in [2.45, 2.75) is 79.5 Å². The molecule has 0 saturated carbocycles. The number of benzene rings is 1. The number of hydrogen-bond donors (Lipinski definition) is 0. The van der Waals surface area contributed by atoms with Gasteiger partial charge >= 0.3 is 98.3 Å². The van der Waals surface area contributed by atoms with Crippen LogP contribution in [-0.4, -0.2) is 31.7 Å². The number of unbranched alkanes of at least 4 members (excludes halogenated alkanes) is 3. The molecule has 0 bridgehead atoms. The quantitative estimate of drug-likeness (QED) is 0.264. The van der Waals surface area contributed by atoms with Gasteiger partial charge in [0.25, 0.3) is 0 Å². The summed E-state index contributed by atoms with van der Waals surface area (Å²) in [4.78, 5) is 21.1. The number of rotatable bonds is 11. The number of ether oxygens (including phenoxy) is 1. The van der Waals surface area contributed by atoms with E-state index < -0.39 is 31.7 Å². The van der Waals surface area contributed by atoms with Gasteiger partial charge in [0, 0.05) is 12.5 Å². The Balaban J connectivity index is 0.000000481. The summed E-state index contributed by atoms with van der Waals surface area (Å²) in [6.45, 7) is 8.20. The molecule has 26 heavy (non-hydrogen) atoms. The fraction of sp³-hybridized carbons (Fsp3) is 0.619. The first kappa shape index (κ1) is 25.0. The Hall–Kier alpha value is -1.04. The Morgan fingerprint density at radius 3 is 1.77 bits per heavy atom. The van der Waals surface area contributed by atoms with Crippen LogP contribution in [-0.2, 0) is 4.79 Å². The van der Waals surface area contributed by atoms with Crippen molar-refractivity contribution in [3.8, 4) is 5.75 Å². The molecule has 0 saturated heterocycles. The van der Waals surface area contributed by atoms with Crippen LogP contribution >= 0.6 is 0 Å². The number of para-hydroxylation sites is 1. The summed E-state index contributed by atoms with van der Waals surface area (Å²) < 4.78 is 9.68.